The Bertz CT molecular complexity index is 984. The van der Waals surface area contributed by atoms with Crippen LogP contribution in [0.3, 0.4) is 0 Å². The molecule has 8 heteroatoms. The van der Waals surface area contributed by atoms with Gasteiger partial charge in [-0.15, -0.1) is 0 Å². The van der Waals surface area contributed by atoms with Gasteiger partial charge in [-0.1, -0.05) is 43.3 Å². The molecule has 4 rings (SSSR count). The van der Waals surface area contributed by atoms with Crippen molar-refractivity contribution in [3.05, 3.63) is 65.2 Å². The van der Waals surface area contributed by atoms with Crippen molar-refractivity contribution in [2.75, 3.05) is 13.3 Å². The van der Waals surface area contributed by atoms with Crippen LogP contribution in [-0.2, 0) is 9.67 Å². The standard InChI is InChI=1S/C21H19F3N2O2S/c1-2-5-13-12-28-18-7-4-3-6-16(18)21(13)26(19(27)11-22)25-20(29-21)15-10-14(23)8-9-17(15)24/h3-4,6-10,13H,2,5,11-12H2,1H3/t13-,21+/m1/s1. The first kappa shape index (κ1) is 19.8. The molecule has 0 N–H and O–H groups in total. The van der Waals surface area contributed by atoms with Gasteiger partial charge in [0.15, 0.2) is 11.5 Å². The second kappa shape index (κ2) is 7.74. The fourth-order valence-corrected chi connectivity index (χ4v) is 5.45. The molecule has 2 aliphatic rings. The van der Waals surface area contributed by atoms with E-state index in [9.17, 15) is 18.0 Å². The minimum Gasteiger partial charge on any atom is -0.493 e. The second-order valence-corrected chi connectivity index (χ2v) is 8.17. The Balaban J connectivity index is 1.90. The fourth-order valence-electron chi connectivity index (χ4n) is 3.91. The maximum absolute atomic E-state index is 14.5. The summed E-state index contributed by atoms with van der Waals surface area (Å²) in [5, 5.41) is 5.55. The Morgan fingerprint density at radius 2 is 2.10 bits per heavy atom. The van der Waals surface area contributed by atoms with E-state index in [1.807, 2.05) is 19.1 Å². The highest BCUT2D eigenvalue weighted by Crippen LogP contribution is 2.57. The van der Waals surface area contributed by atoms with Crippen molar-refractivity contribution in [1.29, 1.82) is 0 Å². The monoisotopic (exact) mass is 420 g/mol. The van der Waals surface area contributed by atoms with Crippen molar-refractivity contribution >= 4 is 22.7 Å². The number of nitrogens with zero attached hydrogens (tertiary/aromatic N) is 2. The summed E-state index contributed by atoms with van der Waals surface area (Å²) in [5.41, 5.74) is 0.620. The summed E-state index contributed by atoms with van der Waals surface area (Å²) in [7, 11) is 0. The SMILES string of the molecule is CCC[C@@H]1COc2ccccc2[C@@]12SC(c1cc(F)ccc1F)=NN2C(=O)CF. The van der Waals surface area contributed by atoms with Gasteiger partial charge in [0.05, 0.1) is 6.61 Å². The molecule has 2 heterocycles. The Hall–Kier alpha value is -2.48. The van der Waals surface area contributed by atoms with Crippen LogP contribution in [0.1, 0.15) is 30.9 Å². The van der Waals surface area contributed by atoms with E-state index in [4.69, 9.17) is 4.74 Å². The van der Waals surface area contributed by atoms with Gasteiger partial charge in [0, 0.05) is 17.0 Å². The average molecular weight is 420 g/mol. The number of fused-ring (bicyclic) bond motifs is 2. The number of para-hydroxylation sites is 1. The van der Waals surface area contributed by atoms with Crippen LogP contribution < -0.4 is 4.74 Å². The molecular weight excluding hydrogens is 401 g/mol. The molecule has 0 saturated carbocycles. The van der Waals surface area contributed by atoms with E-state index in [0.29, 0.717) is 24.3 Å². The summed E-state index contributed by atoms with van der Waals surface area (Å²) in [5.74, 6) is -1.75. The molecule has 2 atom stereocenters. The van der Waals surface area contributed by atoms with Crippen LogP contribution in [0.15, 0.2) is 47.6 Å². The van der Waals surface area contributed by atoms with Crippen LogP contribution in [0.5, 0.6) is 5.75 Å². The third kappa shape index (κ3) is 3.19. The Kier molecular flexibility index (Phi) is 5.29. The quantitative estimate of drug-likeness (QED) is 0.711. The topological polar surface area (TPSA) is 41.9 Å². The van der Waals surface area contributed by atoms with Crippen LogP contribution >= 0.6 is 11.8 Å². The van der Waals surface area contributed by atoms with Crippen molar-refractivity contribution in [1.82, 2.24) is 5.01 Å². The summed E-state index contributed by atoms with van der Waals surface area (Å²) >= 11 is 1.15. The Labute approximate surface area is 170 Å². The molecule has 0 fully saturated rings. The van der Waals surface area contributed by atoms with E-state index < -0.39 is 29.1 Å². The molecule has 0 aromatic heterocycles. The lowest BCUT2D eigenvalue weighted by molar-refractivity contribution is -0.138. The van der Waals surface area contributed by atoms with Crippen LogP contribution in [-0.4, -0.2) is 29.2 Å². The van der Waals surface area contributed by atoms with Crippen LogP contribution in [0.2, 0.25) is 0 Å². The summed E-state index contributed by atoms with van der Waals surface area (Å²) in [4.78, 5) is 11.5. The number of halogens is 3. The van der Waals surface area contributed by atoms with Crippen molar-refractivity contribution in [3.8, 4) is 5.75 Å². The number of alkyl halides is 1. The zero-order valence-electron chi connectivity index (χ0n) is 15.7. The molecule has 0 aliphatic carbocycles. The number of rotatable bonds is 4. The lowest BCUT2D eigenvalue weighted by Crippen LogP contribution is -2.51. The Morgan fingerprint density at radius 3 is 2.86 bits per heavy atom. The minimum absolute atomic E-state index is 0.0530. The van der Waals surface area contributed by atoms with E-state index in [2.05, 4.69) is 5.10 Å². The van der Waals surface area contributed by atoms with Crippen molar-refractivity contribution in [2.45, 2.75) is 24.6 Å². The van der Waals surface area contributed by atoms with Gasteiger partial charge in [0.1, 0.15) is 22.4 Å². The van der Waals surface area contributed by atoms with E-state index >= 15 is 0 Å². The number of hydrazone groups is 1. The number of hydrogen-bond donors (Lipinski definition) is 0. The van der Waals surface area contributed by atoms with E-state index in [-0.39, 0.29) is 16.5 Å². The minimum atomic E-state index is -1.24. The molecule has 2 aromatic carbocycles. The third-order valence-electron chi connectivity index (χ3n) is 5.17. The highest BCUT2D eigenvalue weighted by atomic mass is 32.2. The zero-order chi connectivity index (χ0) is 20.6. The lowest BCUT2D eigenvalue weighted by atomic mass is 9.86. The summed E-state index contributed by atoms with van der Waals surface area (Å²) in [6.45, 7) is 1.07. The average Bonchev–Trinajstić information content (AvgIpc) is 3.12. The van der Waals surface area contributed by atoms with Crippen LogP contribution in [0, 0.1) is 17.6 Å². The number of carbonyl (C=O) groups is 1. The fraction of sp³-hybridized carbons (Fsp3) is 0.333. The molecule has 0 unspecified atom stereocenters. The first-order chi connectivity index (χ1) is 14.0. The molecule has 2 aromatic rings. The van der Waals surface area contributed by atoms with E-state index in [1.54, 1.807) is 12.1 Å². The molecule has 152 valence electrons. The molecular formula is C21H19F3N2O2S. The third-order valence-corrected chi connectivity index (χ3v) is 6.70. The number of amides is 1. The van der Waals surface area contributed by atoms with Gasteiger partial charge in [-0.25, -0.2) is 18.2 Å². The molecule has 0 bridgehead atoms. The normalized spacial score (nSPS) is 23.0. The molecule has 29 heavy (non-hydrogen) atoms. The second-order valence-electron chi connectivity index (χ2n) is 6.96. The number of hydrogen-bond acceptors (Lipinski definition) is 4. The van der Waals surface area contributed by atoms with Gasteiger partial charge in [-0.05, 0) is 30.7 Å². The van der Waals surface area contributed by atoms with Gasteiger partial charge >= 0.3 is 0 Å². The zero-order valence-corrected chi connectivity index (χ0v) is 16.5. The smallest absolute Gasteiger partial charge is 0.275 e. The maximum atomic E-state index is 14.5. The van der Waals surface area contributed by atoms with Crippen molar-refractivity contribution in [2.24, 2.45) is 11.0 Å². The predicted molar refractivity (Wildman–Crippen MR) is 105 cm³/mol. The first-order valence-corrected chi connectivity index (χ1v) is 10.2. The number of ether oxygens (including phenoxy) is 1. The van der Waals surface area contributed by atoms with Gasteiger partial charge < -0.3 is 4.74 Å². The lowest BCUT2D eigenvalue weighted by Gasteiger charge is -2.45. The van der Waals surface area contributed by atoms with Crippen LogP contribution in [0.4, 0.5) is 13.2 Å². The summed E-state index contributed by atoms with van der Waals surface area (Å²) in [6.07, 6.45) is 1.49. The van der Waals surface area contributed by atoms with Gasteiger partial charge in [0.2, 0.25) is 0 Å². The summed E-state index contributed by atoms with van der Waals surface area (Å²) in [6, 6.07) is 10.3. The molecule has 1 amide bonds. The summed E-state index contributed by atoms with van der Waals surface area (Å²) < 4.78 is 47.7. The highest BCUT2D eigenvalue weighted by Gasteiger charge is 2.56. The van der Waals surface area contributed by atoms with E-state index in [0.717, 1.165) is 41.4 Å². The molecule has 4 nitrogen and oxygen atoms in total. The van der Waals surface area contributed by atoms with Gasteiger partial charge in [-0.2, -0.15) is 5.10 Å². The Morgan fingerprint density at radius 1 is 1.31 bits per heavy atom. The number of benzene rings is 2. The molecule has 2 aliphatic heterocycles. The van der Waals surface area contributed by atoms with Gasteiger partial charge in [0.25, 0.3) is 5.91 Å². The number of thioether (sulfide) groups is 1. The van der Waals surface area contributed by atoms with Gasteiger partial charge in [-0.3, -0.25) is 4.79 Å². The van der Waals surface area contributed by atoms with Crippen molar-refractivity contribution in [3.63, 3.8) is 0 Å². The highest BCUT2D eigenvalue weighted by molar-refractivity contribution is 8.15. The van der Waals surface area contributed by atoms with Crippen LogP contribution in [0.25, 0.3) is 0 Å². The molecule has 1 spiro atoms. The van der Waals surface area contributed by atoms with E-state index in [1.165, 1.54) is 0 Å². The maximum Gasteiger partial charge on any atom is 0.275 e. The predicted octanol–water partition coefficient (Wildman–Crippen LogP) is 4.83. The molecule has 0 saturated heterocycles. The van der Waals surface area contributed by atoms with Crippen molar-refractivity contribution < 1.29 is 22.7 Å². The largest absolute Gasteiger partial charge is 0.493 e. The molecule has 0 radical (unpaired) electrons. The number of carbonyl (C=O) groups excluding carboxylic acids is 1. The first-order valence-electron chi connectivity index (χ1n) is 9.35.